The van der Waals surface area contributed by atoms with Gasteiger partial charge in [-0.1, -0.05) is 32.0 Å². The van der Waals surface area contributed by atoms with Gasteiger partial charge in [-0.3, -0.25) is 4.79 Å². The maximum absolute atomic E-state index is 11.9. The average molecular weight is 246 g/mol. The summed E-state index contributed by atoms with van der Waals surface area (Å²) in [4.78, 5) is 16.2. The highest BCUT2D eigenvalue weighted by Gasteiger charge is 2.12. The number of carbonyl (C=O) groups is 1. The molecule has 0 unspecified atom stereocenters. The molecular weight excluding hydrogens is 232 g/mol. The molecule has 2 rings (SSSR count). The highest BCUT2D eigenvalue weighted by atomic mass is 32.1. The first-order valence-corrected chi connectivity index (χ1v) is 6.36. The number of anilines is 1. The van der Waals surface area contributed by atoms with Crippen molar-refractivity contribution >= 4 is 22.9 Å². The first-order chi connectivity index (χ1) is 8.16. The normalized spacial score (nSPS) is 10.5. The third kappa shape index (κ3) is 2.91. The molecule has 1 aromatic carbocycles. The molecule has 2 aromatic rings. The smallest absolute Gasteiger partial charge is 0.284 e. The van der Waals surface area contributed by atoms with Crippen LogP contribution in [0.2, 0.25) is 0 Å². The van der Waals surface area contributed by atoms with E-state index in [4.69, 9.17) is 0 Å². The van der Waals surface area contributed by atoms with E-state index in [0.29, 0.717) is 10.9 Å². The van der Waals surface area contributed by atoms with Crippen molar-refractivity contribution in [2.45, 2.75) is 19.8 Å². The minimum absolute atomic E-state index is 0.145. The van der Waals surface area contributed by atoms with Crippen LogP contribution >= 0.6 is 11.3 Å². The minimum atomic E-state index is -0.145. The number of para-hydroxylation sites is 1. The molecule has 17 heavy (non-hydrogen) atoms. The topological polar surface area (TPSA) is 42.0 Å². The van der Waals surface area contributed by atoms with E-state index in [1.807, 2.05) is 35.7 Å². The van der Waals surface area contributed by atoms with Gasteiger partial charge >= 0.3 is 0 Å². The fourth-order valence-electron chi connectivity index (χ4n) is 1.36. The van der Waals surface area contributed by atoms with Crippen LogP contribution < -0.4 is 5.32 Å². The lowest BCUT2D eigenvalue weighted by Crippen LogP contribution is -2.11. The molecule has 0 aliphatic carbocycles. The molecule has 0 saturated heterocycles. The molecule has 0 saturated carbocycles. The van der Waals surface area contributed by atoms with Gasteiger partial charge in [0.15, 0.2) is 5.01 Å². The molecule has 88 valence electrons. The van der Waals surface area contributed by atoms with E-state index in [9.17, 15) is 4.79 Å². The van der Waals surface area contributed by atoms with Crippen LogP contribution in [0.5, 0.6) is 0 Å². The summed E-state index contributed by atoms with van der Waals surface area (Å²) in [6.45, 7) is 4.13. The summed E-state index contributed by atoms with van der Waals surface area (Å²) >= 11 is 1.38. The van der Waals surface area contributed by atoms with Crippen LogP contribution in [0, 0.1) is 0 Å². The number of benzene rings is 1. The van der Waals surface area contributed by atoms with Crippen molar-refractivity contribution in [3.05, 3.63) is 46.4 Å². The Morgan fingerprint density at radius 1 is 1.29 bits per heavy atom. The number of amides is 1. The van der Waals surface area contributed by atoms with E-state index in [2.05, 4.69) is 24.1 Å². The van der Waals surface area contributed by atoms with Crippen LogP contribution in [0.15, 0.2) is 35.7 Å². The molecule has 3 nitrogen and oxygen atoms in total. The molecule has 1 heterocycles. The van der Waals surface area contributed by atoms with Gasteiger partial charge in [-0.15, -0.1) is 11.3 Å². The van der Waals surface area contributed by atoms with Crippen molar-refractivity contribution in [2.75, 3.05) is 5.32 Å². The summed E-state index contributed by atoms with van der Waals surface area (Å²) in [5, 5.41) is 5.27. The summed E-state index contributed by atoms with van der Waals surface area (Å²) in [6, 6.07) is 9.40. The first-order valence-electron chi connectivity index (χ1n) is 5.48. The molecule has 1 aromatic heterocycles. The molecule has 0 spiro atoms. The lowest BCUT2D eigenvalue weighted by molar-refractivity contribution is 0.102. The van der Waals surface area contributed by atoms with Gasteiger partial charge in [-0.2, -0.15) is 0 Å². The largest absolute Gasteiger partial charge is 0.320 e. The molecule has 0 aliphatic rings. The van der Waals surface area contributed by atoms with E-state index >= 15 is 0 Å². The van der Waals surface area contributed by atoms with Gasteiger partial charge in [0.25, 0.3) is 5.91 Å². The monoisotopic (exact) mass is 246 g/mol. The van der Waals surface area contributed by atoms with Gasteiger partial charge in [0.2, 0.25) is 0 Å². The highest BCUT2D eigenvalue weighted by Crippen LogP contribution is 2.18. The number of hydrogen-bond donors (Lipinski definition) is 1. The Balaban J connectivity index is 2.10. The molecule has 4 heteroatoms. The second-order valence-electron chi connectivity index (χ2n) is 4.05. The SMILES string of the molecule is CC(C)c1csc(C(=O)Nc2ccccc2)n1. The van der Waals surface area contributed by atoms with Crippen molar-refractivity contribution in [1.82, 2.24) is 4.98 Å². The summed E-state index contributed by atoms with van der Waals surface area (Å²) in [6.07, 6.45) is 0. The van der Waals surface area contributed by atoms with E-state index < -0.39 is 0 Å². The molecular formula is C13H14N2OS. The maximum Gasteiger partial charge on any atom is 0.284 e. The number of nitrogens with zero attached hydrogens (tertiary/aromatic N) is 1. The number of thiazole rings is 1. The van der Waals surface area contributed by atoms with Crippen LogP contribution in [0.3, 0.4) is 0 Å². The van der Waals surface area contributed by atoms with Crippen molar-refractivity contribution in [2.24, 2.45) is 0 Å². The van der Waals surface area contributed by atoms with Crippen LogP contribution in [-0.4, -0.2) is 10.9 Å². The Labute approximate surface area is 105 Å². The number of aromatic nitrogens is 1. The number of nitrogens with one attached hydrogen (secondary N) is 1. The zero-order chi connectivity index (χ0) is 12.3. The van der Waals surface area contributed by atoms with E-state index in [0.717, 1.165) is 11.4 Å². The van der Waals surface area contributed by atoms with E-state index in [-0.39, 0.29) is 5.91 Å². The van der Waals surface area contributed by atoms with Gasteiger partial charge in [-0.25, -0.2) is 4.98 Å². The highest BCUT2D eigenvalue weighted by molar-refractivity contribution is 7.11. The second kappa shape index (κ2) is 5.10. The number of hydrogen-bond acceptors (Lipinski definition) is 3. The molecule has 1 N–H and O–H groups in total. The van der Waals surface area contributed by atoms with E-state index in [1.54, 1.807) is 0 Å². The summed E-state index contributed by atoms with van der Waals surface area (Å²) in [5.74, 6) is 0.206. The maximum atomic E-state index is 11.9. The lowest BCUT2D eigenvalue weighted by atomic mass is 10.2. The Morgan fingerprint density at radius 3 is 2.59 bits per heavy atom. The Bertz CT molecular complexity index is 505. The first kappa shape index (κ1) is 11.8. The molecule has 0 radical (unpaired) electrons. The number of rotatable bonds is 3. The predicted octanol–water partition coefficient (Wildman–Crippen LogP) is 3.52. The lowest BCUT2D eigenvalue weighted by Gasteiger charge is -2.02. The Morgan fingerprint density at radius 2 is 2.00 bits per heavy atom. The van der Waals surface area contributed by atoms with Gasteiger partial charge in [-0.05, 0) is 18.1 Å². The Kier molecular flexibility index (Phi) is 3.54. The van der Waals surface area contributed by atoms with Crippen molar-refractivity contribution in [3.8, 4) is 0 Å². The van der Waals surface area contributed by atoms with Gasteiger partial charge in [0.05, 0.1) is 5.69 Å². The summed E-state index contributed by atoms with van der Waals surface area (Å²) < 4.78 is 0. The van der Waals surface area contributed by atoms with Gasteiger partial charge in [0.1, 0.15) is 0 Å². The fraction of sp³-hybridized carbons (Fsp3) is 0.231. The summed E-state index contributed by atoms with van der Waals surface area (Å²) in [7, 11) is 0. The van der Waals surface area contributed by atoms with Crippen LogP contribution in [0.4, 0.5) is 5.69 Å². The third-order valence-corrected chi connectivity index (χ3v) is 3.20. The van der Waals surface area contributed by atoms with E-state index in [1.165, 1.54) is 11.3 Å². The molecule has 1 amide bonds. The summed E-state index contributed by atoms with van der Waals surface area (Å²) in [5.41, 5.74) is 1.76. The van der Waals surface area contributed by atoms with Crippen molar-refractivity contribution < 1.29 is 4.79 Å². The van der Waals surface area contributed by atoms with Crippen molar-refractivity contribution in [1.29, 1.82) is 0 Å². The zero-order valence-corrected chi connectivity index (χ0v) is 10.6. The van der Waals surface area contributed by atoms with Gasteiger partial charge < -0.3 is 5.32 Å². The van der Waals surface area contributed by atoms with Crippen molar-refractivity contribution in [3.63, 3.8) is 0 Å². The molecule has 0 atom stereocenters. The zero-order valence-electron chi connectivity index (χ0n) is 9.81. The van der Waals surface area contributed by atoms with Crippen LogP contribution in [0.25, 0.3) is 0 Å². The van der Waals surface area contributed by atoms with Crippen LogP contribution in [-0.2, 0) is 0 Å². The number of carbonyl (C=O) groups excluding carboxylic acids is 1. The Hall–Kier alpha value is -1.68. The average Bonchev–Trinajstić information content (AvgIpc) is 2.79. The minimum Gasteiger partial charge on any atom is -0.320 e. The second-order valence-corrected chi connectivity index (χ2v) is 4.91. The predicted molar refractivity (Wildman–Crippen MR) is 70.6 cm³/mol. The quantitative estimate of drug-likeness (QED) is 0.900. The standard InChI is InChI=1S/C13H14N2OS/c1-9(2)11-8-17-13(15-11)12(16)14-10-6-4-3-5-7-10/h3-9H,1-2H3,(H,14,16). The van der Waals surface area contributed by atoms with Gasteiger partial charge in [0, 0.05) is 11.1 Å². The molecule has 0 fully saturated rings. The molecule has 0 aliphatic heterocycles. The molecule has 0 bridgehead atoms. The fourth-order valence-corrected chi connectivity index (χ4v) is 2.24. The van der Waals surface area contributed by atoms with Crippen LogP contribution in [0.1, 0.15) is 35.3 Å². The third-order valence-electron chi connectivity index (χ3n) is 2.34.